The van der Waals surface area contributed by atoms with Crippen LogP contribution in [0.1, 0.15) is 38.4 Å². The molecule has 6 nitrogen and oxygen atoms in total. The molecule has 0 aliphatic carbocycles. The zero-order chi connectivity index (χ0) is 18.5. The first-order chi connectivity index (χ1) is 12.5. The molecule has 0 bridgehead atoms. The van der Waals surface area contributed by atoms with Gasteiger partial charge in [0.05, 0.1) is 18.2 Å². The number of benzene rings is 1. The van der Waals surface area contributed by atoms with E-state index in [0.717, 1.165) is 32.4 Å². The molecule has 26 heavy (non-hydrogen) atoms. The van der Waals surface area contributed by atoms with Crippen LogP contribution in [-0.2, 0) is 4.79 Å². The Morgan fingerprint density at radius 1 is 1.35 bits per heavy atom. The monoisotopic (exact) mass is 358 g/mol. The maximum absolute atomic E-state index is 11.9. The van der Waals surface area contributed by atoms with Gasteiger partial charge in [0.15, 0.2) is 5.43 Å². The van der Waals surface area contributed by atoms with Gasteiger partial charge in [0, 0.05) is 32.1 Å². The van der Waals surface area contributed by atoms with E-state index in [1.165, 1.54) is 12.5 Å². The summed E-state index contributed by atoms with van der Waals surface area (Å²) in [7, 11) is 0. The lowest BCUT2D eigenvalue weighted by molar-refractivity contribution is -0.121. The fourth-order valence-corrected chi connectivity index (χ4v) is 3.46. The molecular formula is C20H26N2O4. The second-order valence-electron chi connectivity index (χ2n) is 6.83. The highest BCUT2D eigenvalue weighted by Gasteiger charge is 2.22. The molecule has 1 saturated heterocycles. The van der Waals surface area contributed by atoms with Gasteiger partial charge < -0.3 is 14.5 Å². The number of carbonyl (C=O) groups excluding carboxylic acids is 1. The number of carbonyl (C=O) groups is 1. The fourth-order valence-electron chi connectivity index (χ4n) is 3.46. The van der Waals surface area contributed by atoms with Crippen molar-refractivity contribution in [2.24, 2.45) is 0 Å². The number of hydrogen-bond acceptors (Lipinski definition) is 5. The summed E-state index contributed by atoms with van der Waals surface area (Å²) in [6, 6.07) is 6.81. The lowest BCUT2D eigenvalue weighted by Gasteiger charge is -2.35. The van der Waals surface area contributed by atoms with Crippen LogP contribution < -0.4 is 15.5 Å². The van der Waals surface area contributed by atoms with Crippen LogP contribution in [0, 0.1) is 6.92 Å². The van der Waals surface area contributed by atoms with E-state index in [0.29, 0.717) is 29.1 Å². The summed E-state index contributed by atoms with van der Waals surface area (Å²) in [5.41, 5.74) is 0.513. The van der Waals surface area contributed by atoms with Crippen LogP contribution in [0.5, 0.6) is 5.75 Å². The van der Waals surface area contributed by atoms with Crippen LogP contribution in [-0.4, -0.2) is 36.7 Å². The second-order valence-corrected chi connectivity index (χ2v) is 6.83. The summed E-state index contributed by atoms with van der Waals surface area (Å²) < 4.78 is 11.4. The average molecular weight is 358 g/mol. The second kappa shape index (κ2) is 8.36. The number of piperidine rings is 1. The van der Waals surface area contributed by atoms with Gasteiger partial charge >= 0.3 is 0 Å². The zero-order valence-electron chi connectivity index (χ0n) is 15.4. The first kappa shape index (κ1) is 18.5. The van der Waals surface area contributed by atoms with Gasteiger partial charge in [0.2, 0.25) is 5.91 Å². The van der Waals surface area contributed by atoms with Crippen LogP contribution >= 0.6 is 0 Å². The molecule has 0 saturated carbocycles. The van der Waals surface area contributed by atoms with Crippen molar-refractivity contribution in [3.05, 3.63) is 40.2 Å². The minimum absolute atomic E-state index is 0.0195. The van der Waals surface area contributed by atoms with Crippen molar-refractivity contribution in [1.82, 2.24) is 10.2 Å². The molecule has 2 heterocycles. The molecule has 1 aliphatic heterocycles. The number of rotatable bonds is 6. The van der Waals surface area contributed by atoms with Crippen molar-refractivity contribution in [3.63, 3.8) is 0 Å². The molecule has 1 aromatic heterocycles. The van der Waals surface area contributed by atoms with Crippen molar-refractivity contribution < 1.29 is 13.9 Å². The number of amides is 1. The van der Waals surface area contributed by atoms with Gasteiger partial charge in [-0.2, -0.15) is 0 Å². The SMILES string of the molecule is CC(=O)NC1CCCCN1CCCOc1ccc2c(=O)cc(C)oc2c1. The smallest absolute Gasteiger partial charge is 0.218 e. The molecule has 1 aromatic carbocycles. The molecule has 1 aliphatic rings. The predicted molar refractivity (Wildman–Crippen MR) is 100 cm³/mol. The summed E-state index contributed by atoms with van der Waals surface area (Å²) in [5, 5.41) is 3.59. The van der Waals surface area contributed by atoms with E-state index in [9.17, 15) is 9.59 Å². The number of aryl methyl sites for hydroxylation is 1. The molecule has 1 atom stereocenters. The Balaban J connectivity index is 1.53. The first-order valence-corrected chi connectivity index (χ1v) is 9.21. The summed E-state index contributed by atoms with van der Waals surface area (Å²) >= 11 is 0. The molecule has 2 aromatic rings. The third-order valence-corrected chi connectivity index (χ3v) is 4.67. The molecule has 1 N–H and O–H groups in total. The topological polar surface area (TPSA) is 71.8 Å². The maximum atomic E-state index is 11.9. The Kier molecular flexibility index (Phi) is 5.93. The lowest BCUT2D eigenvalue weighted by atomic mass is 10.1. The van der Waals surface area contributed by atoms with Crippen molar-refractivity contribution >= 4 is 16.9 Å². The normalized spacial score (nSPS) is 18.0. The third-order valence-electron chi connectivity index (χ3n) is 4.67. The van der Waals surface area contributed by atoms with Gasteiger partial charge in [0.1, 0.15) is 17.1 Å². The van der Waals surface area contributed by atoms with Gasteiger partial charge in [0.25, 0.3) is 0 Å². The van der Waals surface area contributed by atoms with E-state index < -0.39 is 0 Å². The van der Waals surface area contributed by atoms with Gasteiger partial charge in [-0.25, -0.2) is 0 Å². The molecule has 6 heteroatoms. The van der Waals surface area contributed by atoms with Crippen LogP contribution in [0.25, 0.3) is 11.0 Å². The quantitative estimate of drug-likeness (QED) is 0.804. The number of nitrogens with zero attached hydrogens (tertiary/aromatic N) is 1. The highest BCUT2D eigenvalue weighted by atomic mass is 16.5. The Bertz CT molecular complexity index is 830. The molecule has 140 valence electrons. The molecule has 3 rings (SSSR count). The number of fused-ring (bicyclic) bond motifs is 1. The van der Waals surface area contributed by atoms with Crippen molar-refractivity contribution in [2.45, 2.75) is 45.7 Å². The van der Waals surface area contributed by atoms with Crippen molar-refractivity contribution in [1.29, 1.82) is 0 Å². The van der Waals surface area contributed by atoms with E-state index in [2.05, 4.69) is 10.2 Å². The number of nitrogens with one attached hydrogen (secondary N) is 1. The van der Waals surface area contributed by atoms with E-state index in [1.54, 1.807) is 32.0 Å². The largest absolute Gasteiger partial charge is 0.493 e. The fraction of sp³-hybridized carbons (Fsp3) is 0.500. The summed E-state index contributed by atoms with van der Waals surface area (Å²) in [5.74, 6) is 1.31. The maximum Gasteiger partial charge on any atom is 0.218 e. The Hall–Kier alpha value is -2.34. The van der Waals surface area contributed by atoms with Gasteiger partial charge in [-0.05, 0) is 44.7 Å². The first-order valence-electron chi connectivity index (χ1n) is 9.21. The zero-order valence-corrected chi connectivity index (χ0v) is 15.4. The highest BCUT2D eigenvalue weighted by molar-refractivity contribution is 5.77. The Labute approximate surface area is 153 Å². The Morgan fingerprint density at radius 3 is 3.00 bits per heavy atom. The summed E-state index contributed by atoms with van der Waals surface area (Å²) in [6.07, 6.45) is 4.33. The number of ether oxygens (including phenoxy) is 1. The molecule has 0 spiro atoms. The van der Waals surface area contributed by atoms with Crippen molar-refractivity contribution in [3.8, 4) is 5.75 Å². The molecule has 0 radical (unpaired) electrons. The van der Waals surface area contributed by atoms with E-state index in [1.807, 2.05) is 0 Å². The average Bonchev–Trinajstić information content (AvgIpc) is 2.59. The van der Waals surface area contributed by atoms with Gasteiger partial charge in [-0.15, -0.1) is 0 Å². The van der Waals surface area contributed by atoms with E-state index in [-0.39, 0.29) is 17.5 Å². The van der Waals surface area contributed by atoms with Crippen LogP contribution in [0.15, 0.2) is 33.5 Å². The van der Waals surface area contributed by atoms with Crippen LogP contribution in [0.2, 0.25) is 0 Å². The predicted octanol–water partition coefficient (Wildman–Crippen LogP) is 2.82. The van der Waals surface area contributed by atoms with Crippen LogP contribution in [0.3, 0.4) is 0 Å². The third kappa shape index (κ3) is 4.64. The van der Waals surface area contributed by atoms with Crippen molar-refractivity contribution in [2.75, 3.05) is 19.7 Å². The molecule has 1 unspecified atom stereocenters. The summed E-state index contributed by atoms with van der Waals surface area (Å²) in [6.45, 7) is 5.79. The highest BCUT2D eigenvalue weighted by Crippen LogP contribution is 2.20. The van der Waals surface area contributed by atoms with Crippen LogP contribution in [0.4, 0.5) is 0 Å². The Morgan fingerprint density at radius 2 is 2.19 bits per heavy atom. The molecular weight excluding hydrogens is 332 g/mol. The van der Waals surface area contributed by atoms with Gasteiger partial charge in [-0.3, -0.25) is 14.5 Å². The summed E-state index contributed by atoms with van der Waals surface area (Å²) in [4.78, 5) is 25.6. The number of likely N-dealkylation sites (tertiary alicyclic amines) is 1. The molecule has 1 amide bonds. The standard InChI is InChI=1S/C20H26N2O4/c1-14-12-18(24)17-8-7-16(13-19(17)26-14)25-11-5-10-22-9-4-3-6-20(22)21-15(2)23/h7-8,12-13,20H,3-6,9-11H2,1-2H3,(H,21,23). The minimum atomic E-state index is -0.0376. The number of hydrogen-bond donors (Lipinski definition) is 1. The van der Waals surface area contributed by atoms with E-state index in [4.69, 9.17) is 9.15 Å². The van der Waals surface area contributed by atoms with Gasteiger partial charge in [-0.1, -0.05) is 0 Å². The van der Waals surface area contributed by atoms with E-state index >= 15 is 0 Å². The minimum Gasteiger partial charge on any atom is -0.493 e. The molecule has 1 fully saturated rings. The lowest BCUT2D eigenvalue weighted by Crippen LogP contribution is -2.50.